The van der Waals surface area contributed by atoms with Crippen LogP contribution in [-0.4, -0.2) is 35.9 Å². The van der Waals surface area contributed by atoms with Crippen LogP contribution in [0.3, 0.4) is 0 Å². The maximum absolute atomic E-state index is 12.7. The van der Waals surface area contributed by atoms with Gasteiger partial charge in [0.25, 0.3) is 0 Å². The van der Waals surface area contributed by atoms with Gasteiger partial charge in [0, 0.05) is 19.5 Å². The summed E-state index contributed by atoms with van der Waals surface area (Å²) < 4.78 is 5.73. The van der Waals surface area contributed by atoms with Gasteiger partial charge in [-0.15, -0.1) is 0 Å². The van der Waals surface area contributed by atoms with Gasteiger partial charge >= 0.3 is 0 Å². The van der Waals surface area contributed by atoms with Gasteiger partial charge in [-0.25, -0.2) is 0 Å². The van der Waals surface area contributed by atoms with Gasteiger partial charge in [0.1, 0.15) is 6.10 Å². The molecule has 2 aromatic carbocycles. The first-order valence-electron chi connectivity index (χ1n) is 9.42. The molecule has 1 aliphatic heterocycles. The topological polar surface area (TPSA) is 58.6 Å². The van der Waals surface area contributed by atoms with E-state index in [0.29, 0.717) is 19.6 Å². The number of nitrogens with one attached hydrogen (secondary N) is 1. The predicted octanol–water partition coefficient (Wildman–Crippen LogP) is 3.07. The predicted molar refractivity (Wildman–Crippen MR) is 104 cm³/mol. The fourth-order valence-corrected chi connectivity index (χ4v) is 3.20. The molecule has 1 saturated heterocycles. The average molecular weight is 366 g/mol. The fraction of sp³-hybridized carbons (Fsp3) is 0.364. The van der Waals surface area contributed by atoms with E-state index in [4.69, 9.17) is 4.74 Å². The second-order valence-electron chi connectivity index (χ2n) is 6.85. The molecule has 1 N–H and O–H groups in total. The van der Waals surface area contributed by atoms with Crippen LogP contribution < -0.4 is 5.32 Å². The molecule has 3 rings (SSSR count). The Labute approximate surface area is 160 Å². The molecule has 5 heteroatoms. The Bertz CT molecular complexity index is 749. The van der Waals surface area contributed by atoms with Crippen LogP contribution in [0.1, 0.15) is 36.9 Å². The first kappa shape index (κ1) is 19.1. The third kappa shape index (κ3) is 5.41. The lowest BCUT2D eigenvalue weighted by Gasteiger charge is -2.26. The number of hydrogen-bond donors (Lipinski definition) is 1. The zero-order valence-electron chi connectivity index (χ0n) is 15.6. The molecule has 0 bridgehead atoms. The molecule has 0 unspecified atom stereocenters. The van der Waals surface area contributed by atoms with Crippen LogP contribution in [0.15, 0.2) is 60.7 Å². The summed E-state index contributed by atoms with van der Waals surface area (Å²) in [6, 6.07) is 19.3. The van der Waals surface area contributed by atoms with Crippen molar-refractivity contribution in [2.45, 2.75) is 38.5 Å². The maximum atomic E-state index is 12.7. The summed E-state index contributed by atoms with van der Waals surface area (Å²) in [7, 11) is 0. The normalized spacial score (nSPS) is 16.2. The zero-order valence-corrected chi connectivity index (χ0v) is 15.6. The maximum Gasteiger partial charge on any atom is 0.249 e. The van der Waals surface area contributed by atoms with Crippen LogP contribution >= 0.6 is 0 Å². The molecule has 142 valence electrons. The number of likely N-dealkylation sites (tertiary alicyclic amines) is 1. The summed E-state index contributed by atoms with van der Waals surface area (Å²) in [6.45, 7) is 3.37. The van der Waals surface area contributed by atoms with Crippen molar-refractivity contribution in [1.82, 2.24) is 10.2 Å². The van der Waals surface area contributed by atoms with Gasteiger partial charge in [-0.05, 0) is 24.5 Å². The number of benzene rings is 2. The van der Waals surface area contributed by atoms with Gasteiger partial charge in [0.2, 0.25) is 11.8 Å². The molecule has 0 radical (unpaired) electrons. The highest BCUT2D eigenvalue weighted by molar-refractivity contribution is 5.81. The molecule has 0 spiro atoms. The Hall–Kier alpha value is -2.66. The van der Waals surface area contributed by atoms with E-state index in [0.717, 1.165) is 24.1 Å². The van der Waals surface area contributed by atoms with Gasteiger partial charge in [-0.3, -0.25) is 9.59 Å². The summed E-state index contributed by atoms with van der Waals surface area (Å²) in [4.78, 5) is 26.5. The van der Waals surface area contributed by atoms with Crippen LogP contribution in [-0.2, 0) is 20.9 Å². The number of nitrogens with zero attached hydrogens (tertiary/aromatic N) is 1. The highest BCUT2D eigenvalue weighted by Gasteiger charge is 2.26. The van der Waals surface area contributed by atoms with Crippen LogP contribution in [0.25, 0.3) is 0 Å². The van der Waals surface area contributed by atoms with Crippen molar-refractivity contribution in [3.8, 4) is 0 Å². The summed E-state index contributed by atoms with van der Waals surface area (Å²) in [6.07, 6.45) is 0.891. The number of amides is 2. The lowest BCUT2D eigenvalue weighted by atomic mass is 10.1. The SMILES string of the molecule is C[C@H](OCc1ccccc1)C(=O)N[C@@H](CN1CCCC1=O)c1ccccc1. The standard InChI is InChI=1S/C22H26N2O3/c1-17(27-16-18-9-4-2-5-10-18)22(26)23-20(19-11-6-3-7-12-19)15-24-14-8-13-21(24)25/h2-7,9-12,17,20H,8,13-16H2,1H3,(H,23,26)/t17-,20-/m0/s1. The highest BCUT2D eigenvalue weighted by Crippen LogP contribution is 2.19. The largest absolute Gasteiger partial charge is 0.364 e. The summed E-state index contributed by atoms with van der Waals surface area (Å²) in [5.41, 5.74) is 2.01. The Morgan fingerprint density at radius 2 is 1.78 bits per heavy atom. The summed E-state index contributed by atoms with van der Waals surface area (Å²) in [5, 5.41) is 3.06. The summed E-state index contributed by atoms with van der Waals surface area (Å²) in [5.74, 6) is -0.0232. The number of carbonyl (C=O) groups excluding carboxylic acids is 2. The Morgan fingerprint density at radius 3 is 2.41 bits per heavy atom. The lowest BCUT2D eigenvalue weighted by Crippen LogP contribution is -2.42. The van der Waals surface area contributed by atoms with Gasteiger partial charge in [-0.2, -0.15) is 0 Å². The van der Waals surface area contributed by atoms with Crippen molar-refractivity contribution < 1.29 is 14.3 Å². The van der Waals surface area contributed by atoms with Gasteiger partial charge < -0.3 is 15.0 Å². The molecule has 0 aliphatic carbocycles. The van der Waals surface area contributed by atoms with Gasteiger partial charge in [-0.1, -0.05) is 60.7 Å². The van der Waals surface area contributed by atoms with E-state index < -0.39 is 6.10 Å². The van der Waals surface area contributed by atoms with E-state index in [-0.39, 0.29) is 17.9 Å². The molecule has 2 aromatic rings. The molecule has 1 fully saturated rings. The average Bonchev–Trinajstić information content (AvgIpc) is 3.11. The van der Waals surface area contributed by atoms with Gasteiger partial charge in [0.15, 0.2) is 0 Å². The van der Waals surface area contributed by atoms with Crippen molar-refractivity contribution in [3.63, 3.8) is 0 Å². The monoisotopic (exact) mass is 366 g/mol. The highest BCUT2D eigenvalue weighted by atomic mass is 16.5. The molecular formula is C22H26N2O3. The van der Waals surface area contributed by atoms with Gasteiger partial charge in [0.05, 0.1) is 12.6 Å². The fourth-order valence-electron chi connectivity index (χ4n) is 3.20. The third-order valence-corrected chi connectivity index (χ3v) is 4.80. The quantitative estimate of drug-likeness (QED) is 0.781. The molecule has 2 amide bonds. The number of rotatable bonds is 8. The van der Waals surface area contributed by atoms with Crippen molar-refractivity contribution >= 4 is 11.8 Å². The Kier molecular flexibility index (Phi) is 6.60. The molecule has 0 saturated carbocycles. The van der Waals surface area contributed by atoms with Crippen molar-refractivity contribution in [2.75, 3.05) is 13.1 Å². The Morgan fingerprint density at radius 1 is 1.11 bits per heavy atom. The van der Waals surface area contributed by atoms with E-state index in [2.05, 4.69) is 5.32 Å². The van der Waals surface area contributed by atoms with E-state index in [1.807, 2.05) is 65.6 Å². The number of ether oxygens (including phenoxy) is 1. The second kappa shape index (κ2) is 9.33. The van der Waals surface area contributed by atoms with Crippen molar-refractivity contribution in [2.24, 2.45) is 0 Å². The minimum Gasteiger partial charge on any atom is -0.364 e. The van der Waals surface area contributed by atoms with Crippen LogP contribution in [0.4, 0.5) is 0 Å². The smallest absolute Gasteiger partial charge is 0.249 e. The number of carbonyl (C=O) groups is 2. The van der Waals surface area contributed by atoms with Crippen molar-refractivity contribution in [3.05, 3.63) is 71.8 Å². The van der Waals surface area contributed by atoms with E-state index >= 15 is 0 Å². The zero-order chi connectivity index (χ0) is 19.1. The second-order valence-corrected chi connectivity index (χ2v) is 6.85. The molecule has 0 aromatic heterocycles. The Balaban J connectivity index is 1.61. The molecular weight excluding hydrogens is 340 g/mol. The summed E-state index contributed by atoms with van der Waals surface area (Å²) >= 11 is 0. The van der Waals surface area contributed by atoms with Crippen LogP contribution in [0, 0.1) is 0 Å². The first-order chi connectivity index (χ1) is 13.1. The molecule has 1 heterocycles. The van der Waals surface area contributed by atoms with E-state index in [1.165, 1.54) is 0 Å². The van der Waals surface area contributed by atoms with Crippen molar-refractivity contribution in [1.29, 1.82) is 0 Å². The minimum atomic E-state index is -0.578. The van der Waals surface area contributed by atoms with E-state index in [9.17, 15) is 9.59 Å². The lowest BCUT2D eigenvalue weighted by molar-refractivity contribution is -0.134. The number of hydrogen-bond acceptors (Lipinski definition) is 3. The first-order valence-corrected chi connectivity index (χ1v) is 9.42. The third-order valence-electron chi connectivity index (χ3n) is 4.80. The minimum absolute atomic E-state index is 0.151. The molecule has 1 aliphatic rings. The molecule has 27 heavy (non-hydrogen) atoms. The van der Waals surface area contributed by atoms with E-state index in [1.54, 1.807) is 6.92 Å². The molecule has 5 nitrogen and oxygen atoms in total. The van der Waals surface area contributed by atoms with Crippen LogP contribution in [0.5, 0.6) is 0 Å². The molecule has 2 atom stereocenters. The van der Waals surface area contributed by atoms with Crippen LogP contribution in [0.2, 0.25) is 0 Å².